The molecule has 4 aromatic rings. The molecule has 30 heavy (non-hydrogen) atoms. The molecule has 3 aromatic carbocycles. The van der Waals surface area contributed by atoms with Crippen molar-refractivity contribution in [1.29, 1.82) is 0 Å². The van der Waals surface area contributed by atoms with E-state index in [-0.39, 0.29) is 6.04 Å². The molecule has 1 heterocycles. The van der Waals surface area contributed by atoms with Gasteiger partial charge in [0.15, 0.2) is 11.0 Å². The number of benzene rings is 3. The Kier molecular flexibility index (Phi) is 6.62. The quantitative estimate of drug-likeness (QED) is 0.404. The smallest absolute Gasteiger partial charge is 0.191 e. The van der Waals surface area contributed by atoms with E-state index in [1.165, 1.54) is 22.3 Å². The van der Waals surface area contributed by atoms with Gasteiger partial charge in [0.2, 0.25) is 0 Å². The fourth-order valence-electron chi connectivity index (χ4n) is 3.39. The van der Waals surface area contributed by atoms with Gasteiger partial charge in [0.1, 0.15) is 0 Å². The van der Waals surface area contributed by atoms with Crippen LogP contribution in [0, 0.1) is 6.92 Å². The van der Waals surface area contributed by atoms with Gasteiger partial charge in [0, 0.05) is 5.75 Å². The van der Waals surface area contributed by atoms with Gasteiger partial charge in [-0.2, -0.15) is 0 Å². The van der Waals surface area contributed by atoms with Gasteiger partial charge >= 0.3 is 0 Å². The summed E-state index contributed by atoms with van der Waals surface area (Å²) in [5, 5.41) is 9.91. The SMILES string of the molecule is Cc1ccc(CSc2nnc([C@@H](N)Cc3ccccc3)n2Cc2ccccc2)cc1. The van der Waals surface area contributed by atoms with Crippen LogP contribution in [0.3, 0.4) is 0 Å². The molecule has 2 N–H and O–H groups in total. The second-order valence-corrected chi connectivity index (χ2v) is 8.43. The van der Waals surface area contributed by atoms with Gasteiger partial charge < -0.3 is 10.3 Å². The van der Waals surface area contributed by atoms with Gasteiger partial charge in [-0.1, -0.05) is 102 Å². The van der Waals surface area contributed by atoms with Crippen molar-refractivity contribution in [2.45, 2.75) is 36.8 Å². The highest BCUT2D eigenvalue weighted by molar-refractivity contribution is 7.98. The Hall–Kier alpha value is -2.89. The van der Waals surface area contributed by atoms with E-state index in [4.69, 9.17) is 5.73 Å². The maximum absolute atomic E-state index is 6.59. The minimum atomic E-state index is -0.211. The van der Waals surface area contributed by atoms with Crippen molar-refractivity contribution in [3.8, 4) is 0 Å². The van der Waals surface area contributed by atoms with Crippen molar-refractivity contribution in [3.63, 3.8) is 0 Å². The maximum atomic E-state index is 6.59. The third-order valence-electron chi connectivity index (χ3n) is 5.05. The summed E-state index contributed by atoms with van der Waals surface area (Å²) in [6.45, 7) is 2.82. The van der Waals surface area contributed by atoms with Gasteiger partial charge in [-0.3, -0.25) is 0 Å². The van der Waals surface area contributed by atoms with Crippen LogP contribution in [-0.4, -0.2) is 14.8 Å². The molecule has 0 aliphatic rings. The molecule has 1 aromatic heterocycles. The van der Waals surface area contributed by atoms with Crippen LogP contribution in [0.5, 0.6) is 0 Å². The number of hydrogen-bond donors (Lipinski definition) is 1. The maximum Gasteiger partial charge on any atom is 0.191 e. The van der Waals surface area contributed by atoms with Crippen LogP contribution in [0.2, 0.25) is 0 Å². The zero-order chi connectivity index (χ0) is 20.8. The van der Waals surface area contributed by atoms with E-state index in [0.717, 1.165) is 23.2 Å². The van der Waals surface area contributed by atoms with Gasteiger partial charge in [-0.15, -0.1) is 10.2 Å². The standard InChI is InChI=1S/C25H26N4S/c1-19-12-14-22(15-13-19)18-30-25-28-27-24(23(26)16-20-8-4-2-5-9-20)29(25)17-21-10-6-3-7-11-21/h2-15,23H,16-18,26H2,1H3/t23-/m0/s1. The number of aromatic nitrogens is 3. The minimum Gasteiger partial charge on any atom is -0.321 e. The zero-order valence-corrected chi connectivity index (χ0v) is 17.9. The summed E-state index contributed by atoms with van der Waals surface area (Å²) < 4.78 is 2.17. The van der Waals surface area contributed by atoms with Crippen molar-refractivity contribution in [2.75, 3.05) is 0 Å². The largest absolute Gasteiger partial charge is 0.321 e. The number of nitrogens with zero attached hydrogens (tertiary/aromatic N) is 3. The Labute approximate surface area is 182 Å². The van der Waals surface area contributed by atoms with Crippen LogP contribution in [0.25, 0.3) is 0 Å². The number of rotatable bonds is 8. The minimum absolute atomic E-state index is 0.211. The Balaban J connectivity index is 1.58. The van der Waals surface area contributed by atoms with Crippen molar-refractivity contribution < 1.29 is 0 Å². The first-order valence-electron chi connectivity index (χ1n) is 10.1. The van der Waals surface area contributed by atoms with E-state index >= 15 is 0 Å². The molecule has 0 aliphatic heterocycles. The molecule has 0 saturated heterocycles. The molecule has 0 bridgehead atoms. The van der Waals surface area contributed by atoms with E-state index in [0.29, 0.717) is 6.54 Å². The zero-order valence-electron chi connectivity index (χ0n) is 17.1. The second-order valence-electron chi connectivity index (χ2n) is 7.48. The van der Waals surface area contributed by atoms with E-state index in [1.54, 1.807) is 11.8 Å². The highest BCUT2D eigenvalue weighted by atomic mass is 32.2. The lowest BCUT2D eigenvalue weighted by atomic mass is 10.1. The van der Waals surface area contributed by atoms with Crippen molar-refractivity contribution >= 4 is 11.8 Å². The van der Waals surface area contributed by atoms with E-state index in [1.807, 2.05) is 24.3 Å². The molecule has 5 heteroatoms. The van der Waals surface area contributed by atoms with E-state index < -0.39 is 0 Å². The lowest BCUT2D eigenvalue weighted by Crippen LogP contribution is -2.20. The average Bonchev–Trinajstić information content (AvgIpc) is 3.17. The van der Waals surface area contributed by atoms with Crippen LogP contribution in [0.1, 0.15) is 34.1 Å². The topological polar surface area (TPSA) is 56.7 Å². The summed E-state index contributed by atoms with van der Waals surface area (Å²) in [7, 11) is 0. The lowest BCUT2D eigenvalue weighted by molar-refractivity contribution is 0.588. The molecule has 0 fully saturated rings. The molecule has 4 nitrogen and oxygen atoms in total. The fraction of sp³-hybridized carbons (Fsp3) is 0.200. The molecule has 0 saturated carbocycles. The molecule has 0 radical (unpaired) electrons. The second kappa shape index (κ2) is 9.74. The van der Waals surface area contributed by atoms with Crippen LogP contribution in [0.4, 0.5) is 0 Å². The third-order valence-corrected chi connectivity index (χ3v) is 6.09. The number of nitrogens with two attached hydrogens (primary N) is 1. The Bertz CT molecular complexity index is 1060. The van der Waals surface area contributed by atoms with Crippen LogP contribution in [0.15, 0.2) is 90.1 Å². The molecule has 0 spiro atoms. The normalized spacial score (nSPS) is 12.1. The highest BCUT2D eigenvalue weighted by Crippen LogP contribution is 2.26. The molecule has 0 aliphatic carbocycles. The van der Waals surface area contributed by atoms with Gasteiger partial charge in [-0.05, 0) is 30.0 Å². The summed E-state index contributed by atoms with van der Waals surface area (Å²) in [4.78, 5) is 0. The highest BCUT2D eigenvalue weighted by Gasteiger charge is 2.19. The molecular formula is C25H26N4S. The summed E-state index contributed by atoms with van der Waals surface area (Å²) >= 11 is 1.70. The van der Waals surface area contributed by atoms with Crippen molar-refractivity contribution in [2.24, 2.45) is 5.73 Å². The molecule has 152 valence electrons. The summed E-state index contributed by atoms with van der Waals surface area (Å²) in [5.41, 5.74) is 11.5. The first kappa shape index (κ1) is 20.4. The van der Waals surface area contributed by atoms with E-state index in [2.05, 4.69) is 82.4 Å². The van der Waals surface area contributed by atoms with Gasteiger partial charge in [-0.25, -0.2) is 0 Å². The summed E-state index contributed by atoms with van der Waals surface area (Å²) in [6.07, 6.45) is 0.733. The third kappa shape index (κ3) is 5.17. The van der Waals surface area contributed by atoms with Crippen LogP contribution >= 0.6 is 11.8 Å². The van der Waals surface area contributed by atoms with Crippen LogP contribution in [-0.2, 0) is 18.7 Å². The Morgan fingerprint density at radius 1 is 0.800 bits per heavy atom. The first-order chi connectivity index (χ1) is 14.7. The lowest BCUT2D eigenvalue weighted by Gasteiger charge is -2.15. The molecule has 0 unspecified atom stereocenters. The molecular weight excluding hydrogens is 388 g/mol. The van der Waals surface area contributed by atoms with E-state index in [9.17, 15) is 0 Å². The predicted molar refractivity (Wildman–Crippen MR) is 123 cm³/mol. The molecule has 1 atom stereocenters. The van der Waals surface area contributed by atoms with Gasteiger partial charge in [0.05, 0.1) is 12.6 Å². The molecule has 0 amide bonds. The van der Waals surface area contributed by atoms with Gasteiger partial charge in [0.25, 0.3) is 0 Å². The Morgan fingerprint density at radius 2 is 1.43 bits per heavy atom. The monoisotopic (exact) mass is 414 g/mol. The first-order valence-corrected chi connectivity index (χ1v) is 11.1. The summed E-state index contributed by atoms with van der Waals surface area (Å²) in [6, 6.07) is 29.1. The average molecular weight is 415 g/mol. The molecule has 4 rings (SSSR count). The Morgan fingerprint density at radius 3 is 2.10 bits per heavy atom. The van der Waals surface area contributed by atoms with Crippen molar-refractivity contribution in [3.05, 3.63) is 113 Å². The fourth-order valence-corrected chi connectivity index (χ4v) is 4.29. The van der Waals surface area contributed by atoms with Crippen LogP contribution < -0.4 is 5.73 Å². The summed E-state index contributed by atoms with van der Waals surface area (Å²) in [5.74, 6) is 1.68. The number of aryl methyl sites for hydroxylation is 1. The van der Waals surface area contributed by atoms with Crippen molar-refractivity contribution in [1.82, 2.24) is 14.8 Å². The number of hydrogen-bond acceptors (Lipinski definition) is 4. The number of thioether (sulfide) groups is 1. The predicted octanol–water partition coefficient (Wildman–Crippen LogP) is 5.17.